The van der Waals surface area contributed by atoms with E-state index in [9.17, 15) is 4.79 Å². The summed E-state index contributed by atoms with van der Waals surface area (Å²) in [5.41, 5.74) is 0.672. The third-order valence-corrected chi connectivity index (χ3v) is 1.74. The minimum atomic E-state index is -0.574. The zero-order valence-electron chi connectivity index (χ0n) is 6.45. The molecule has 1 aromatic heterocycles. The molecule has 0 aliphatic heterocycles. The van der Waals surface area contributed by atoms with Crippen LogP contribution in [0, 0.1) is 0 Å². The van der Waals surface area contributed by atoms with Gasteiger partial charge in [-0.25, -0.2) is 9.89 Å². The molecular weight excluding hydrogens is 192 g/mol. The second kappa shape index (κ2) is 3.06. The van der Waals surface area contributed by atoms with Crippen LogP contribution < -0.4 is 5.76 Å². The summed E-state index contributed by atoms with van der Waals surface area (Å²) < 4.78 is 4.74. The fourth-order valence-electron chi connectivity index (χ4n) is 0.975. The molecule has 0 unspecified atom stereocenters. The van der Waals surface area contributed by atoms with Gasteiger partial charge in [0.15, 0.2) is 0 Å². The third-order valence-electron chi connectivity index (χ3n) is 1.51. The first-order chi connectivity index (χ1) is 6.25. The van der Waals surface area contributed by atoms with Gasteiger partial charge in [-0.2, -0.15) is 0 Å². The molecule has 0 saturated carbocycles. The molecule has 66 valence electrons. The lowest BCUT2D eigenvalue weighted by Crippen LogP contribution is -1.93. The summed E-state index contributed by atoms with van der Waals surface area (Å²) in [6.07, 6.45) is 0. The van der Waals surface area contributed by atoms with Crippen molar-refractivity contribution in [2.45, 2.75) is 0 Å². The number of hydrogen-bond acceptors (Lipinski definition) is 3. The standard InChI is InChI=1S/C8H5ClN2O2/c9-6-3-1-2-5(4-6)7-10-11-8(12)13-7/h1-4H,(H,11,12). The van der Waals surface area contributed by atoms with Crippen molar-refractivity contribution in [2.75, 3.05) is 0 Å². The van der Waals surface area contributed by atoms with Crippen LogP contribution in [0.15, 0.2) is 33.5 Å². The van der Waals surface area contributed by atoms with Crippen molar-refractivity contribution in [3.63, 3.8) is 0 Å². The lowest BCUT2D eigenvalue weighted by Gasteiger charge is -1.93. The fraction of sp³-hybridized carbons (Fsp3) is 0. The highest BCUT2D eigenvalue weighted by molar-refractivity contribution is 6.30. The minimum absolute atomic E-state index is 0.243. The molecule has 0 radical (unpaired) electrons. The van der Waals surface area contributed by atoms with Crippen LogP contribution in [0.4, 0.5) is 0 Å². The van der Waals surface area contributed by atoms with Crippen molar-refractivity contribution in [2.24, 2.45) is 0 Å². The summed E-state index contributed by atoms with van der Waals surface area (Å²) in [6, 6.07) is 6.91. The van der Waals surface area contributed by atoms with E-state index in [0.717, 1.165) is 0 Å². The van der Waals surface area contributed by atoms with E-state index < -0.39 is 5.76 Å². The van der Waals surface area contributed by atoms with Crippen LogP contribution in [-0.2, 0) is 0 Å². The molecule has 0 bridgehead atoms. The molecule has 0 aliphatic carbocycles. The first kappa shape index (κ1) is 8.07. The molecule has 13 heavy (non-hydrogen) atoms. The quantitative estimate of drug-likeness (QED) is 0.755. The first-order valence-corrected chi connectivity index (χ1v) is 3.95. The van der Waals surface area contributed by atoms with E-state index >= 15 is 0 Å². The van der Waals surface area contributed by atoms with Gasteiger partial charge in [0.05, 0.1) is 0 Å². The molecule has 2 rings (SSSR count). The van der Waals surface area contributed by atoms with Crippen molar-refractivity contribution in [1.82, 2.24) is 10.2 Å². The molecule has 0 atom stereocenters. The van der Waals surface area contributed by atoms with Gasteiger partial charge >= 0.3 is 5.76 Å². The molecule has 4 nitrogen and oxygen atoms in total. The Morgan fingerprint density at radius 1 is 1.46 bits per heavy atom. The maximum Gasteiger partial charge on any atom is 0.434 e. The third kappa shape index (κ3) is 1.62. The van der Waals surface area contributed by atoms with E-state index in [-0.39, 0.29) is 5.89 Å². The van der Waals surface area contributed by atoms with Crippen molar-refractivity contribution in [3.05, 3.63) is 39.8 Å². The first-order valence-electron chi connectivity index (χ1n) is 3.57. The number of nitrogens with zero attached hydrogens (tertiary/aromatic N) is 1. The monoisotopic (exact) mass is 196 g/mol. The van der Waals surface area contributed by atoms with Crippen LogP contribution in [-0.4, -0.2) is 10.2 Å². The minimum Gasteiger partial charge on any atom is -0.388 e. The molecule has 2 aromatic rings. The Morgan fingerprint density at radius 3 is 2.92 bits per heavy atom. The predicted octanol–water partition coefficient (Wildman–Crippen LogP) is 1.68. The maximum atomic E-state index is 10.6. The van der Waals surface area contributed by atoms with E-state index in [2.05, 4.69) is 10.2 Å². The molecular formula is C8H5ClN2O2. The van der Waals surface area contributed by atoms with Gasteiger partial charge in [0.1, 0.15) is 0 Å². The van der Waals surface area contributed by atoms with Gasteiger partial charge in [-0.05, 0) is 18.2 Å². The number of rotatable bonds is 1. The molecule has 1 aromatic carbocycles. The van der Waals surface area contributed by atoms with Gasteiger partial charge < -0.3 is 4.42 Å². The highest BCUT2D eigenvalue weighted by atomic mass is 35.5. The lowest BCUT2D eigenvalue weighted by atomic mass is 10.2. The van der Waals surface area contributed by atoms with Gasteiger partial charge in [0.25, 0.3) is 0 Å². The van der Waals surface area contributed by atoms with Gasteiger partial charge in [-0.15, -0.1) is 5.10 Å². The molecule has 1 heterocycles. The van der Waals surface area contributed by atoms with Crippen LogP contribution >= 0.6 is 11.6 Å². The van der Waals surface area contributed by atoms with Crippen molar-refractivity contribution >= 4 is 11.6 Å². The SMILES string of the molecule is O=c1[nH]nc(-c2cccc(Cl)c2)o1. The van der Waals surface area contributed by atoms with E-state index in [4.69, 9.17) is 16.0 Å². The molecule has 5 heteroatoms. The number of benzene rings is 1. The number of aromatic nitrogens is 2. The number of H-pyrrole nitrogens is 1. The van der Waals surface area contributed by atoms with Gasteiger partial charge in [0.2, 0.25) is 5.89 Å². The topological polar surface area (TPSA) is 58.9 Å². The Balaban J connectivity index is 2.52. The number of nitrogens with one attached hydrogen (secondary N) is 1. The zero-order chi connectivity index (χ0) is 9.26. The van der Waals surface area contributed by atoms with Gasteiger partial charge in [-0.3, -0.25) is 0 Å². The Hall–Kier alpha value is -1.55. The second-order valence-electron chi connectivity index (χ2n) is 2.43. The number of hydrogen-bond donors (Lipinski definition) is 1. The lowest BCUT2D eigenvalue weighted by molar-refractivity contribution is 0.527. The van der Waals surface area contributed by atoms with Crippen LogP contribution in [0.1, 0.15) is 0 Å². The molecule has 0 amide bonds. The van der Waals surface area contributed by atoms with E-state index in [1.807, 2.05) is 0 Å². The Bertz CT molecular complexity index is 475. The molecule has 0 fully saturated rings. The normalized spacial score (nSPS) is 10.2. The summed E-state index contributed by atoms with van der Waals surface area (Å²) in [6.45, 7) is 0. The van der Waals surface area contributed by atoms with Crippen LogP contribution in [0.2, 0.25) is 5.02 Å². The largest absolute Gasteiger partial charge is 0.434 e. The second-order valence-corrected chi connectivity index (χ2v) is 2.87. The van der Waals surface area contributed by atoms with Crippen molar-refractivity contribution in [1.29, 1.82) is 0 Å². The Labute approximate surface area is 78.2 Å². The number of aromatic amines is 1. The van der Waals surface area contributed by atoms with Crippen molar-refractivity contribution in [3.8, 4) is 11.5 Å². The van der Waals surface area contributed by atoms with Gasteiger partial charge in [0, 0.05) is 10.6 Å². The van der Waals surface area contributed by atoms with Gasteiger partial charge in [-0.1, -0.05) is 17.7 Å². The Morgan fingerprint density at radius 2 is 2.31 bits per heavy atom. The highest BCUT2D eigenvalue weighted by Gasteiger charge is 2.04. The summed E-state index contributed by atoms with van der Waals surface area (Å²) in [7, 11) is 0. The Kier molecular flexibility index (Phi) is 1.90. The van der Waals surface area contributed by atoms with E-state index in [1.165, 1.54) is 0 Å². The summed E-state index contributed by atoms with van der Waals surface area (Å²) >= 11 is 5.74. The van der Waals surface area contributed by atoms with Crippen molar-refractivity contribution < 1.29 is 4.42 Å². The summed E-state index contributed by atoms with van der Waals surface area (Å²) in [4.78, 5) is 10.6. The number of halogens is 1. The molecule has 0 saturated heterocycles. The highest BCUT2D eigenvalue weighted by Crippen LogP contribution is 2.18. The van der Waals surface area contributed by atoms with Crippen LogP contribution in [0.5, 0.6) is 0 Å². The van der Waals surface area contributed by atoms with Crippen LogP contribution in [0.3, 0.4) is 0 Å². The zero-order valence-corrected chi connectivity index (χ0v) is 7.21. The average molecular weight is 197 g/mol. The summed E-state index contributed by atoms with van der Waals surface area (Å²) in [5.74, 6) is -0.331. The van der Waals surface area contributed by atoms with E-state index in [0.29, 0.717) is 10.6 Å². The maximum absolute atomic E-state index is 10.6. The molecule has 0 aliphatic rings. The summed E-state index contributed by atoms with van der Waals surface area (Å²) in [5, 5.41) is 6.41. The predicted molar refractivity (Wildman–Crippen MR) is 47.6 cm³/mol. The molecule has 0 spiro atoms. The fourth-order valence-corrected chi connectivity index (χ4v) is 1.17. The smallest absolute Gasteiger partial charge is 0.388 e. The van der Waals surface area contributed by atoms with E-state index in [1.54, 1.807) is 24.3 Å². The average Bonchev–Trinajstić information content (AvgIpc) is 2.52. The van der Waals surface area contributed by atoms with Crippen LogP contribution in [0.25, 0.3) is 11.5 Å². The molecule has 1 N–H and O–H groups in total.